The Morgan fingerprint density at radius 3 is 2.53 bits per heavy atom. The van der Waals surface area contributed by atoms with E-state index in [2.05, 4.69) is 15.9 Å². The number of nitrogens with zero attached hydrogens (tertiary/aromatic N) is 1. The van der Waals surface area contributed by atoms with Crippen LogP contribution in [0.4, 0.5) is 5.69 Å². The van der Waals surface area contributed by atoms with E-state index in [9.17, 15) is 10.1 Å². The predicted octanol–water partition coefficient (Wildman–Crippen LogP) is 2.48. The second kappa shape index (κ2) is 4.26. The molecule has 0 heterocycles. The molecular formula is C9H11BrN2O3. The summed E-state index contributed by atoms with van der Waals surface area (Å²) >= 11 is 3.25. The highest BCUT2D eigenvalue weighted by atomic mass is 79.9. The first kappa shape index (κ1) is 12.1. The van der Waals surface area contributed by atoms with Crippen LogP contribution < -0.4 is 5.90 Å². The highest BCUT2D eigenvalue weighted by molar-refractivity contribution is 9.10. The number of non-ortho nitro benzene ring substituents is 1. The Balaban J connectivity index is 3.19. The van der Waals surface area contributed by atoms with Crippen LogP contribution in [0.25, 0.3) is 0 Å². The first-order valence-corrected chi connectivity index (χ1v) is 5.00. The summed E-state index contributed by atoms with van der Waals surface area (Å²) in [6, 6.07) is 4.46. The van der Waals surface area contributed by atoms with Gasteiger partial charge in [0.2, 0.25) is 0 Å². The minimum atomic E-state index is -0.687. The maximum atomic E-state index is 10.5. The van der Waals surface area contributed by atoms with Crippen molar-refractivity contribution in [2.75, 3.05) is 0 Å². The fraction of sp³-hybridized carbons (Fsp3) is 0.333. The molecule has 82 valence electrons. The molecule has 6 heteroatoms. The van der Waals surface area contributed by atoms with Gasteiger partial charge < -0.3 is 0 Å². The average molecular weight is 275 g/mol. The Morgan fingerprint density at radius 2 is 2.13 bits per heavy atom. The van der Waals surface area contributed by atoms with E-state index in [0.717, 1.165) is 5.56 Å². The lowest BCUT2D eigenvalue weighted by Crippen LogP contribution is -2.25. The number of benzene rings is 1. The fourth-order valence-electron chi connectivity index (χ4n) is 1.17. The van der Waals surface area contributed by atoms with Crippen LogP contribution in [0.15, 0.2) is 22.7 Å². The van der Waals surface area contributed by atoms with E-state index in [1.54, 1.807) is 19.9 Å². The summed E-state index contributed by atoms with van der Waals surface area (Å²) in [4.78, 5) is 14.9. The summed E-state index contributed by atoms with van der Waals surface area (Å²) in [5, 5.41) is 10.5. The van der Waals surface area contributed by atoms with Crippen LogP contribution in [0.2, 0.25) is 0 Å². The monoisotopic (exact) mass is 274 g/mol. The van der Waals surface area contributed by atoms with E-state index >= 15 is 0 Å². The van der Waals surface area contributed by atoms with Gasteiger partial charge in [-0.2, -0.15) is 0 Å². The molecule has 0 bridgehead atoms. The van der Waals surface area contributed by atoms with E-state index in [0.29, 0.717) is 4.47 Å². The maximum absolute atomic E-state index is 10.5. The van der Waals surface area contributed by atoms with E-state index in [4.69, 9.17) is 10.7 Å². The van der Waals surface area contributed by atoms with Crippen molar-refractivity contribution in [3.63, 3.8) is 0 Å². The number of halogens is 1. The molecule has 0 saturated heterocycles. The van der Waals surface area contributed by atoms with Gasteiger partial charge in [-0.15, -0.1) is 0 Å². The highest BCUT2D eigenvalue weighted by Crippen LogP contribution is 2.32. The molecule has 0 aromatic heterocycles. The SMILES string of the molecule is CC(C)(ON)c1ccc([N+](=O)[O-])cc1Br. The second-order valence-corrected chi connectivity index (χ2v) is 4.40. The van der Waals surface area contributed by atoms with Crippen LogP contribution in [-0.4, -0.2) is 4.92 Å². The van der Waals surface area contributed by atoms with Crippen molar-refractivity contribution in [2.45, 2.75) is 19.4 Å². The molecule has 15 heavy (non-hydrogen) atoms. The zero-order valence-corrected chi connectivity index (χ0v) is 9.95. The molecule has 5 nitrogen and oxygen atoms in total. The van der Waals surface area contributed by atoms with Crippen molar-refractivity contribution < 1.29 is 9.76 Å². The van der Waals surface area contributed by atoms with Gasteiger partial charge in [0, 0.05) is 16.6 Å². The van der Waals surface area contributed by atoms with Crippen molar-refractivity contribution in [1.29, 1.82) is 0 Å². The topological polar surface area (TPSA) is 78.4 Å². The fourth-order valence-corrected chi connectivity index (χ4v) is 2.01. The first-order chi connectivity index (χ1) is 6.88. The molecule has 0 atom stereocenters. The van der Waals surface area contributed by atoms with Crippen LogP contribution in [0, 0.1) is 10.1 Å². The molecule has 1 rings (SSSR count). The first-order valence-electron chi connectivity index (χ1n) is 4.21. The molecule has 0 saturated carbocycles. The lowest BCUT2D eigenvalue weighted by atomic mass is 9.98. The maximum Gasteiger partial charge on any atom is 0.270 e. The Labute approximate surface area is 95.5 Å². The van der Waals surface area contributed by atoms with Gasteiger partial charge in [0.25, 0.3) is 5.69 Å². The average Bonchev–Trinajstić information content (AvgIpc) is 2.17. The number of nitrogens with two attached hydrogens (primary N) is 1. The van der Waals surface area contributed by atoms with Crippen molar-refractivity contribution in [3.8, 4) is 0 Å². The number of nitro benzene ring substituents is 1. The van der Waals surface area contributed by atoms with Crippen molar-refractivity contribution in [3.05, 3.63) is 38.3 Å². The predicted molar refractivity (Wildman–Crippen MR) is 59.1 cm³/mol. The van der Waals surface area contributed by atoms with Crippen molar-refractivity contribution in [1.82, 2.24) is 0 Å². The summed E-state index contributed by atoms with van der Waals surface area (Å²) in [6.45, 7) is 3.55. The Morgan fingerprint density at radius 1 is 1.53 bits per heavy atom. The van der Waals surface area contributed by atoms with Crippen LogP contribution in [0.1, 0.15) is 19.4 Å². The number of nitro groups is 1. The number of hydrogen-bond donors (Lipinski definition) is 1. The van der Waals surface area contributed by atoms with Crippen LogP contribution in [0.5, 0.6) is 0 Å². The third-order valence-electron chi connectivity index (χ3n) is 2.11. The quantitative estimate of drug-likeness (QED) is 0.679. The Kier molecular flexibility index (Phi) is 3.43. The minimum Gasteiger partial charge on any atom is -0.294 e. The van der Waals surface area contributed by atoms with Crippen LogP contribution in [0.3, 0.4) is 0 Å². The largest absolute Gasteiger partial charge is 0.294 e. The molecule has 0 aliphatic rings. The van der Waals surface area contributed by atoms with Gasteiger partial charge in [-0.1, -0.05) is 15.9 Å². The molecule has 1 aromatic carbocycles. The lowest BCUT2D eigenvalue weighted by molar-refractivity contribution is -0.385. The van der Waals surface area contributed by atoms with Gasteiger partial charge in [0.05, 0.1) is 4.92 Å². The summed E-state index contributed by atoms with van der Waals surface area (Å²) in [5.41, 5.74) is 0.0996. The van der Waals surface area contributed by atoms with Gasteiger partial charge in [0.15, 0.2) is 0 Å². The van der Waals surface area contributed by atoms with E-state index in [1.165, 1.54) is 12.1 Å². The normalized spacial score (nSPS) is 11.5. The number of hydrogen-bond acceptors (Lipinski definition) is 4. The molecule has 0 amide bonds. The van der Waals surface area contributed by atoms with Gasteiger partial charge in [-0.3, -0.25) is 15.0 Å². The van der Waals surface area contributed by atoms with Crippen molar-refractivity contribution >= 4 is 21.6 Å². The molecular weight excluding hydrogens is 264 g/mol. The third-order valence-corrected chi connectivity index (χ3v) is 2.76. The van der Waals surface area contributed by atoms with Crippen molar-refractivity contribution in [2.24, 2.45) is 5.90 Å². The smallest absolute Gasteiger partial charge is 0.270 e. The Hall–Kier alpha value is -0.980. The number of rotatable bonds is 3. The summed E-state index contributed by atoms with van der Waals surface area (Å²) < 4.78 is 0.604. The highest BCUT2D eigenvalue weighted by Gasteiger charge is 2.24. The van der Waals surface area contributed by atoms with Gasteiger partial charge >= 0.3 is 0 Å². The zero-order valence-electron chi connectivity index (χ0n) is 8.36. The second-order valence-electron chi connectivity index (χ2n) is 3.55. The summed E-state index contributed by atoms with van der Waals surface area (Å²) in [6.07, 6.45) is 0. The van der Waals surface area contributed by atoms with E-state index in [-0.39, 0.29) is 5.69 Å². The van der Waals surface area contributed by atoms with Gasteiger partial charge in [-0.05, 0) is 25.5 Å². The van der Waals surface area contributed by atoms with E-state index < -0.39 is 10.5 Å². The molecule has 0 unspecified atom stereocenters. The molecule has 1 aromatic rings. The summed E-state index contributed by atoms with van der Waals surface area (Å²) in [5.74, 6) is 5.15. The third kappa shape index (κ3) is 2.53. The molecule has 0 aliphatic carbocycles. The van der Waals surface area contributed by atoms with Gasteiger partial charge in [-0.25, -0.2) is 5.90 Å². The zero-order chi connectivity index (χ0) is 11.6. The van der Waals surface area contributed by atoms with Gasteiger partial charge in [0.1, 0.15) is 5.60 Å². The molecule has 0 radical (unpaired) electrons. The molecule has 0 spiro atoms. The standard InChI is InChI=1S/C9H11BrN2O3/c1-9(2,15-11)7-4-3-6(12(13)14)5-8(7)10/h3-5H,11H2,1-2H3. The Bertz CT molecular complexity index is 393. The minimum absolute atomic E-state index is 0.0263. The molecule has 2 N–H and O–H groups in total. The van der Waals surface area contributed by atoms with Crippen LogP contribution in [-0.2, 0) is 10.4 Å². The lowest BCUT2D eigenvalue weighted by Gasteiger charge is -2.23. The summed E-state index contributed by atoms with van der Waals surface area (Å²) in [7, 11) is 0. The van der Waals surface area contributed by atoms with E-state index in [1.807, 2.05) is 0 Å². The van der Waals surface area contributed by atoms with Crippen LogP contribution >= 0.6 is 15.9 Å². The molecule has 0 fully saturated rings. The molecule has 0 aliphatic heterocycles.